The molecule has 0 saturated carbocycles. The maximum Gasteiger partial charge on any atom is 0.407 e. The van der Waals surface area contributed by atoms with Gasteiger partial charge in [0, 0.05) is 12.6 Å². The molecule has 0 bridgehead atoms. The summed E-state index contributed by atoms with van der Waals surface area (Å²) in [5.74, 6) is -0.106. The number of ether oxygens (including phenoxy) is 4. The summed E-state index contributed by atoms with van der Waals surface area (Å²) in [5.41, 5.74) is 2.47. The molecule has 48 heavy (non-hydrogen) atoms. The summed E-state index contributed by atoms with van der Waals surface area (Å²) in [6.45, 7) is 15.9. The highest BCUT2D eigenvalue weighted by molar-refractivity contribution is 5.89. The van der Waals surface area contributed by atoms with Crippen molar-refractivity contribution in [3.8, 4) is 0 Å². The van der Waals surface area contributed by atoms with Gasteiger partial charge in [-0.15, -0.1) is 0 Å². The van der Waals surface area contributed by atoms with E-state index in [-0.39, 0.29) is 30.2 Å². The van der Waals surface area contributed by atoms with Crippen molar-refractivity contribution in [2.24, 2.45) is 5.92 Å². The highest BCUT2D eigenvalue weighted by Crippen LogP contribution is 2.18. The first kappa shape index (κ1) is 41.9. The van der Waals surface area contributed by atoms with Crippen molar-refractivity contribution in [2.45, 2.75) is 118 Å². The first-order valence-electron chi connectivity index (χ1n) is 16.8. The van der Waals surface area contributed by atoms with Crippen LogP contribution in [0.3, 0.4) is 0 Å². The number of methoxy groups -OCH3 is 2. The van der Waals surface area contributed by atoms with Crippen LogP contribution in [-0.2, 0) is 31.8 Å². The Morgan fingerprint density at radius 1 is 0.667 bits per heavy atom. The molecule has 2 unspecified atom stereocenters. The summed E-state index contributed by atoms with van der Waals surface area (Å²) >= 11 is 0. The largest absolute Gasteiger partial charge is 0.465 e. The SMILES string of the molecule is CCC(CCCNC(=O)OC(C)(C)C)Cc1ccc(C(=O)OC)cc1.CCC(CCc1ccc(C(=O)OC)cc1)NC(=O)OC(C)(C)C. The second-order valence-corrected chi connectivity index (χ2v) is 13.7. The van der Waals surface area contributed by atoms with Gasteiger partial charge in [-0.3, -0.25) is 0 Å². The minimum atomic E-state index is -0.494. The molecule has 0 saturated heterocycles. The molecule has 10 heteroatoms. The Morgan fingerprint density at radius 3 is 1.58 bits per heavy atom. The van der Waals surface area contributed by atoms with Gasteiger partial charge in [0.2, 0.25) is 0 Å². The van der Waals surface area contributed by atoms with E-state index in [0.717, 1.165) is 50.5 Å². The minimum absolute atomic E-state index is 0.0603. The monoisotopic (exact) mass is 670 g/mol. The molecule has 2 rings (SSSR count). The summed E-state index contributed by atoms with van der Waals surface area (Å²) in [6.07, 6.45) is 5.70. The standard InChI is InChI=1S/C20H31NO4.C18H27NO4/c1-6-15(8-7-13-21-19(23)25-20(2,3)4)14-16-9-11-17(12-10-16)18(22)24-5;1-6-15(19-17(21)23-18(2,3)4)12-9-13-7-10-14(11-8-13)16(20)22-5/h9-12,15H,6-8,13-14H2,1-5H3,(H,21,23);7-8,10-11,15H,6,9,12H2,1-5H3,(H,19,21). The summed E-state index contributed by atoms with van der Waals surface area (Å²) in [4.78, 5) is 46.3. The number of benzene rings is 2. The summed E-state index contributed by atoms with van der Waals surface area (Å²) in [7, 11) is 2.75. The molecule has 2 N–H and O–H groups in total. The van der Waals surface area contributed by atoms with Crippen LogP contribution in [-0.4, -0.2) is 62.1 Å². The van der Waals surface area contributed by atoms with E-state index in [1.54, 1.807) is 24.3 Å². The molecule has 0 radical (unpaired) electrons. The third kappa shape index (κ3) is 18.3. The molecule has 0 aliphatic heterocycles. The zero-order valence-electron chi connectivity index (χ0n) is 30.7. The van der Waals surface area contributed by atoms with Gasteiger partial charge in [-0.2, -0.15) is 0 Å². The van der Waals surface area contributed by atoms with Crippen LogP contribution < -0.4 is 10.6 Å². The molecule has 0 heterocycles. The molecule has 10 nitrogen and oxygen atoms in total. The van der Waals surface area contributed by atoms with Crippen LogP contribution in [0.25, 0.3) is 0 Å². The predicted molar refractivity (Wildman–Crippen MR) is 188 cm³/mol. The number of hydrogen-bond donors (Lipinski definition) is 2. The average Bonchev–Trinajstić information content (AvgIpc) is 3.02. The highest BCUT2D eigenvalue weighted by atomic mass is 16.6. The van der Waals surface area contributed by atoms with Crippen molar-refractivity contribution in [3.63, 3.8) is 0 Å². The normalized spacial score (nSPS) is 12.4. The molecule has 0 spiro atoms. The lowest BCUT2D eigenvalue weighted by molar-refractivity contribution is 0.0495. The first-order valence-corrected chi connectivity index (χ1v) is 16.8. The lowest BCUT2D eigenvalue weighted by Gasteiger charge is -2.23. The second-order valence-electron chi connectivity index (χ2n) is 13.7. The maximum atomic E-state index is 11.8. The number of carbonyl (C=O) groups is 4. The van der Waals surface area contributed by atoms with Crippen molar-refractivity contribution >= 4 is 24.1 Å². The average molecular weight is 671 g/mol. The Balaban J connectivity index is 0.000000482. The third-order valence-electron chi connectivity index (χ3n) is 7.30. The number of amides is 2. The molecule has 268 valence electrons. The van der Waals surface area contributed by atoms with Gasteiger partial charge in [0.25, 0.3) is 0 Å². The van der Waals surface area contributed by atoms with Crippen LogP contribution in [0.2, 0.25) is 0 Å². The quantitative estimate of drug-likeness (QED) is 0.117. The fraction of sp³-hybridized carbons (Fsp3) is 0.579. The fourth-order valence-corrected chi connectivity index (χ4v) is 4.69. The number of rotatable bonds is 14. The molecule has 0 aliphatic rings. The van der Waals surface area contributed by atoms with Crippen LogP contribution in [0, 0.1) is 5.92 Å². The van der Waals surface area contributed by atoms with Crippen LogP contribution in [0.1, 0.15) is 119 Å². The van der Waals surface area contributed by atoms with Crippen molar-refractivity contribution < 1.29 is 38.1 Å². The molecular formula is C38H58N2O8. The van der Waals surface area contributed by atoms with E-state index in [0.29, 0.717) is 23.6 Å². The van der Waals surface area contributed by atoms with Gasteiger partial charge in [-0.1, -0.05) is 44.5 Å². The van der Waals surface area contributed by atoms with Crippen LogP contribution in [0.5, 0.6) is 0 Å². The third-order valence-corrected chi connectivity index (χ3v) is 7.30. The summed E-state index contributed by atoms with van der Waals surface area (Å²) < 4.78 is 19.9. The Kier molecular flexibility index (Phi) is 18.4. The van der Waals surface area contributed by atoms with Crippen LogP contribution in [0.4, 0.5) is 9.59 Å². The first-order chi connectivity index (χ1) is 22.5. The zero-order chi connectivity index (χ0) is 36.3. The van der Waals surface area contributed by atoms with Crippen molar-refractivity contribution in [1.29, 1.82) is 0 Å². The van der Waals surface area contributed by atoms with Gasteiger partial charge in [0.15, 0.2) is 0 Å². The lowest BCUT2D eigenvalue weighted by Crippen LogP contribution is -2.39. The van der Waals surface area contributed by atoms with E-state index in [2.05, 4.69) is 22.3 Å². The number of nitrogens with one attached hydrogen (secondary N) is 2. The van der Waals surface area contributed by atoms with Crippen molar-refractivity contribution in [3.05, 3.63) is 70.8 Å². The second kappa shape index (κ2) is 21.0. The molecule has 0 aromatic heterocycles. The van der Waals surface area contributed by atoms with E-state index in [4.69, 9.17) is 14.2 Å². The topological polar surface area (TPSA) is 129 Å². The molecule has 2 aromatic rings. The smallest absolute Gasteiger partial charge is 0.407 e. The molecule has 2 atom stereocenters. The minimum Gasteiger partial charge on any atom is -0.465 e. The highest BCUT2D eigenvalue weighted by Gasteiger charge is 2.19. The summed E-state index contributed by atoms with van der Waals surface area (Å²) in [5, 5.41) is 5.69. The van der Waals surface area contributed by atoms with Gasteiger partial charge in [0.05, 0.1) is 25.3 Å². The zero-order valence-corrected chi connectivity index (χ0v) is 30.7. The Hall–Kier alpha value is -4.08. The molecule has 0 fully saturated rings. The van der Waals surface area contributed by atoms with Gasteiger partial charge in [-0.05, 0) is 121 Å². The number of esters is 2. The Labute approximate surface area is 287 Å². The van der Waals surface area contributed by atoms with Gasteiger partial charge >= 0.3 is 24.1 Å². The molecule has 0 aliphatic carbocycles. The van der Waals surface area contributed by atoms with Gasteiger partial charge in [0.1, 0.15) is 11.2 Å². The van der Waals surface area contributed by atoms with E-state index in [1.165, 1.54) is 19.8 Å². The van der Waals surface area contributed by atoms with E-state index in [9.17, 15) is 19.2 Å². The van der Waals surface area contributed by atoms with Crippen molar-refractivity contribution in [2.75, 3.05) is 20.8 Å². The van der Waals surface area contributed by atoms with Gasteiger partial charge in [-0.25, -0.2) is 19.2 Å². The molecule has 2 amide bonds. The van der Waals surface area contributed by atoms with Gasteiger partial charge < -0.3 is 29.6 Å². The maximum absolute atomic E-state index is 11.8. The molecular weight excluding hydrogens is 612 g/mol. The number of carbonyl (C=O) groups excluding carboxylic acids is 4. The van der Waals surface area contributed by atoms with E-state index in [1.807, 2.05) is 72.7 Å². The number of hydrogen-bond acceptors (Lipinski definition) is 8. The lowest BCUT2D eigenvalue weighted by atomic mass is 9.92. The fourth-order valence-electron chi connectivity index (χ4n) is 4.69. The van der Waals surface area contributed by atoms with E-state index >= 15 is 0 Å². The van der Waals surface area contributed by atoms with Crippen LogP contribution >= 0.6 is 0 Å². The van der Waals surface area contributed by atoms with Crippen LogP contribution in [0.15, 0.2) is 48.5 Å². The summed E-state index contributed by atoms with van der Waals surface area (Å²) in [6, 6.07) is 15.0. The Bertz CT molecular complexity index is 1260. The van der Waals surface area contributed by atoms with E-state index < -0.39 is 11.2 Å². The Morgan fingerprint density at radius 2 is 1.15 bits per heavy atom. The number of aryl methyl sites for hydroxylation is 1. The molecule has 2 aromatic carbocycles. The number of alkyl carbamates (subject to hydrolysis) is 2. The van der Waals surface area contributed by atoms with Crippen molar-refractivity contribution in [1.82, 2.24) is 10.6 Å². The predicted octanol–water partition coefficient (Wildman–Crippen LogP) is 8.06.